The second-order valence-corrected chi connectivity index (χ2v) is 18.6. The highest BCUT2D eigenvalue weighted by Gasteiger charge is 2.62. The fraction of sp³-hybridized carbons (Fsp3) is 0.447. The SMILES string of the molecule is O=C(O)C12CC3CC(C1)CC(c1ccc(C4(c5ccc(C67CC8CC(CC(C(=O)O)(C8)C6)C7)cc5)c5ccccc5-c5ccccc54)cc1)(C3)C2. The van der Waals surface area contributed by atoms with Gasteiger partial charge in [-0.1, -0.05) is 97.1 Å². The van der Waals surface area contributed by atoms with Crippen molar-refractivity contribution in [1.82, 2.24) is 0 Å². The Morgan fingerprint density at radius 3 is 1.14 bits per heavy atom. The van der Waals surface area contributed by atoms with Crippen LogP contribution in [0.3, 0.4) is 0 Å². The zero-order valence-electron chi connectivity index (χ0n) is 29.2. The molecule has 4 atom stereocenters. The van der Waals surface area contributed by atoms with E-state index in [0.29, 0.717) is 23.7 Å². The summed E-state index contributed by atoms with van der Waals surface area (Å²) in [7, 11) is 0. The topological polar surface area (TPSA) is 74.6 Å². The molecule has 4 unspecified atom stereocenters. The minimum atomic E-state index is -0.578. The molecule has 8 saturated carbocycles. The minimum Gasteiger partial charge on any atom is -0.481 e. The van der Waals surface area contributed by atoms with Crippen molar-refractivity contribution < 1.29 is 19.8 Å². The Kier molecular flexibility index (Phi) is 5.98. The maximum Gasteiger partial charge on any atom is 0.309 e. The lowest BCUT2D eigenvalue weighted by atomic mass is 9.43. The third-order valence-electron chi connectivity index (χ3n) is 15.8. The fourth-order valence-electron chi connectivity index (χ4n) is 14.9. The quantitative estimate of drug-likeness (QED) is 0.188. The van der Waals surface area contributed by atoms with E-state index in [9.17, 15) is 19.8 Å². The molecule has 4 nitrogen and oxygen atoms in total. The summed E-state index contributed by atoms with van der Waals surface area (Å²) in [6.45, 7) is 0. The van der Waals surface area contributed by atoms with Crippen LogP contribution in [0.15, 0.2) is 97.1 Å². The number of carboxylic acid groups (broad SMARTS) is 2. The van der Waals surface area contributed by atoms with Gasteiger partial charge >= 0.3 is 11.9 Å². The predicted molar refractivity (Wildman–Crippen MR) is 197 cm³/mol. The van der Waals surface area contributed by atoms with Crippen molar-refractivity contribution in [2.45, 2.75) is 93.3 Å². The first kappa shape index (κ1) is 30.4. The molecular weight excluding hydrogens is 629 g/mol. The molecule has 8 bridgehead atoms. The third kappa shape index (κ3) is 3.92. The van der Waals surface area contributed by atoms with Gasteiger partial charge in [0.1, 0.15) is 0 Å². The van der Waals surface area contributed by atoms with Crippen LogP contribution in [0, 0.1) is 34.5 Å². The number of hydrogen-bond acceptors (Lipinski definition) is 2. The van der Waals surface area contributed by atoms with E-state index < -0.39 is 28.2 Å². The Labute approximate surface area is 300 Å². The van der Waals surface area contributed by atoms with Crippen molar-refractivity contribution >= 4 is 11.9 Å². The van der Waals surface area contributed by atoms with Gasteiger partial charge in [0.25, 0.3) is 0 Å². The van der Waals surface area contributed by atoms with E-state index in [0.717, 1.165) is 64.2 Å². The monoisotopic (exact) mass is 674 g/mol. The normalized spacial score (nSPS) is 37.3. The molecule has 4 aromatic rings. The average Bonchev–Trinajstić information content (AvgIpc) is 3.42. The highest BCUT2D eigenvalue weighted by atomic mass is 16.4. The van der Waals surface area contributed by atoms with Gasteiger partial charge in [0, 0.05) is 0 Å². The van der Waals surface area contributed by atoms with E-state index in [4.69, 9.17) is 0 Å². The zero-order valence-corrected chi connectivity index (χ0v) is 29.2. The molecule has 2 N–H and O–H groups in total. The molecule has 0 aromatic heterocycles. The standard InChI is InChI=1S/C47H46O4/c48-41(49)45-23-29-17-30(24-45)20-43(19-29,27-45)33-9-13-35(14-10-33)47(39-7-3-1-5-37(39)38-6-2-4-8-40(38)47)36-15-11-34(12-16-36)44-21-31-18-32(22-44)26-46(25-31,28-44)42(50)51/h1-16,29-32H,17-28H2,(H,48,49)(H,50,51). The molecule has 0 heterocycles. The van der Waals surface area contributed by atoms with Crippen LogP contribution < -0.4 is 0 Å². The molecular formula is C47H46O4. The number of fused-ring (bicyclic) bond motifs is 3. The van der Waals surface area contributed by atoms with Crippen LogP contribution in [0.25, 0.3) is 11.1 Å². The molecule has 4 aromatic carbocycles. The van der Waals surface area contributed by atoms with E-state index in [1.54, 1.807) is 0 Å². The maximum absolute atomic E-state index is 12.7. The Bertz CT molecular complexity index is 1940. The Morgan fingerprint density at radius 1 is 0.451 bits per heavy atom. The van der Waals surface area contributed by atoms with Crippen LogP contribution >= 0.6 is 0 Å². The molecule has 258 valence electrons. The Morgan fingerprint density at radius 2 is 0.784 bits per heavy atom. The summed E-state index contributed by atoms with van der Waals surface area (Å²) in [6, 6.07) is 36.7. The van der Waals surface area contributed by atoms with Crippen LogP contribution in [-0.4, -0.2) is 22.2 Å². The van der Waals surface area contributed by atoms with Gasteiger partial charge in [-0.25, -0.2) is 0 Å². The lowest BCUT2D eigenvalue weighted by molar-refractivity contribution is -0.167. The molecule has 9 aliphatic carbocycles. The third-order valence-corrected chi connectivity index (χ3v) is 15.8. The van der Waals surface area contributed by atoms with Crippen molar-refractivity contribution in [1.29, 1.82) is 0 Å². The summed E-state index contributed by atoms with van der Waals surface area (Å²) in [5.41, 5.74) is 8.56. The van der Waals surface area contributed by atoms with Crippen molar-refractivity contribution in [2.75, 3.05) is 0 Å². The van der Waals surface area contributed by atoms with E-state index in [-0.39, 0.29) is 10.8 Å². The molecule has 51 heavy (non-hydrogen) atoms. The lowest BCUT2D eigenvalue weighted by Gasteiger charge is -2.61. The van der Waals surface area contributed by atoms with Gasteiger partial charge in [0.2, 0.25) is 0 Å². The molecule has 0 aliphatic heterocycles. The maximum atomic E-state index is 12.7. The fourth-order valence-corrected chi connectivity index (χ4v) is 14.9. The summed E-state index contributed by atoms with van der Waals surface area (Å²) in [5, 5.41) is 20.9. The number of carboxylic acids is 2. The first-order valence-corrected chi connectivity index (χ1v) is 19.5. The summed E-state index contributed by atoms with van der Waals surface area (Å²) in [4.78, 5) is 25.4. The predicted octanol–water partition coefficient (Wildman–Crippen LogP) is 9.89. The Hall–Kier alpha value is -4.18. The number of benzene rings is 4. The highest BCUT2D eigenvalue weighted by Crippen LogP contribution is 2.68. The number of hydrogen-bond donors (Lipinski definition) is 2. The van der Waals surface area contributed by atoms with Crippen LogP contribution in [0.2, 0.25) is 0 Å². The smallest absolute Gasteiger partial charge is 0.309 e. The lowest BCUT2D eigenvalue weighted by Crippen LogP contribution is -2.56. The Balaban J connectivity index is 1.04. The first-order chi connectivity index (χ1) is 24.7. The minimum absolute atomic E-state index is 0.0491. The zero-order chi connectivity index (χ0) is 34.4. The number of rotatable bonds is 6. The van der Waals surface area contributed by atoms with Gasteiger partial charge in [-0.05, 0) is 156 Å². The van der Waals surface area contributed by atoms with Crippen molar-refractivity contribution in [3.63, 3.8) is 0 Å². The van der Waals surface area contributed by atoms with Gasteiger partial charge in [-0.2, -0.15) is 0 Å². The highest BCUT2D eigenvalue weighted by molar-refractivity contribution is 5.86. The largest absolute Gasteiger partial charge is 0.481 e. The summed E-state index contributed by atoms with van der Waals surface area (Å²) in [5.74, 6) is 0.899. The molecule has 0 saturated heterocycles. The van der Waals surface area contributed by atoms with E-state index in [1.807, 2.05) is 0 Å². The summed E-state index contributed by atoms with van der Waals surface area (Å²) >= 11 is 0. The van der Waals surface area contributed by atoms with E-state index in [2.05, 4.69) is 97.1 Å². The molecule has 8 fully saturated rings. The summed E-state index contributed by atoms with van der Waals surface area (Å²) in [6.07, 6.45) is 11.8. The van der Waals surface area contributed by atoms with Crippen LogP contribution in [-0.2, 0) is 25.8 Å². The molecule has 0 spiro atoms. The molecule has 0 radical (unpaired) electrons. The van der Waals surface area contributed by atoms with Crippen molar-refractivity contribution in [3.8, 4) is 11.1 Å². The van der Waals surface area contributed by atoms with Crippen LogP contribution in [0.4, 0.5) is 0 Å². The number of aliphatic carboxylic acids is 2. The van der Waals surface area contributed by atoms with Gasteiger partial charge < -0.3 is 10.2 Å². The van der Waals surface area contributed by atoms with E-state index >= 15 is 0 Å². The molecule has 13 rings (SSSR count). The van der Waals surface area contributed by atoms with Crippen LogP contribution in [0.5, 0.6) is 0 Å². The summed E-state index contributed by atoms with van der Waals surface area (Å²) < 4.78 is 0. The van der Waals surface area contributed by atoms with Gasteiger partial charge in [-0.3, -0.25) is 9.59 Å². The molecule has 9 aliphatic rings. The van der Waals surface area contributed by atoms with E-state index in [1.165, 1.54) is 57.3 Å². The van der Waals surface area contributed by atoms with Crippen molar-refractivity contribution in [3.05, 3.63) is 130 Å². The second kappa shape index (κ2) is 10.0. The first-order valence-electron chi connectivity index (χ1n) is 19.5. The van der Waals surface area contributed by atoms with Gasteiger partial charge in [0.15, 0.2) is 0 Å². The average molecular weight is 675 g/mol. The van der Waals surface area contributed by atoms with Gasteiger partial charge in [0.05, 0.1) is 16.2 Å². The van der Waals surface area contributed by atoms with Crippen molar-refractivity contribution in [2.24, 2.45) is 34.5 Å². The van der Waals surface area contributed by atoms with Gasteiger partial charge in [-0.15, -0.1) is 0 Å². The molecule has 0 amide bonds. The molecule has 4 heteroatoms. The second-order valence-electron chi connectivity index (χ2n) is 18.6. The van der Waals surface area contributed by atoms with Crippen LogP contribution in [0.1, 0.15) is 110 Å². The number of carbonyl (C=O) groups is 2.